The molecule has 0 fully saturated rings. The van der Waals surface area contributed by atoms with E-state index in [2.05, 4.69) is 47.2 Å². The molecule has 0 unspecified atom stereocenters. The van der Waals surface area contributed by atoms with Gasteiger partial charge in [0, 0.05) is 34.2 Å². The second-order valence-corrected chi connectivity index (χ2v) is 12.5. The van der Waals surface area contributed by atoms with Crippen LogP contribution in [0.25, 0.3) is 10.9 Å². The second-order valence-electron chi connectivity index (χ2n) is 8.94. The number of benzene rings is 3. The number of hydrogen-bond acceptors (Lipinski definition) is 10. The number of fused-ring (bicyclic) bond motifs is 1. The maximum Gasteiger partial charge on any atom is 0.149 e. The first kappa shape index (κ1) is 27.8. The number of anilines is 3. The van der Waals surface area contributed by atoms with E-state index < -0.39 is 9.84 Å². The highest BCUT2D eigenvalue weighted by molar-refractivity contribution is 9.10. The molecule has 0 aliphatic carbocycles. The average Bonchev–Trinajstić information content (AvgIpc) is 3.39. The third kappa shape index (κ3) is 7.07. The van der Waals surface area contributed by atoms with Gasteiger partial charge in [0.15, 0.2) is 0 Å². The number of aliphatic imine (C=N–C) groups is 1. The van der Waals surface area contributed by atoms with Gasteiger partial charge < -0.3 is 15.5 Å². The lowest BCUT2D eigenvalue weighted by Crippen LogP contribution is -2.37. The molecule has 2 heterocycles. The van der Waals surface area contributed by atoms with Gasteiger partial charge in [0.05, 0.1) is 34.2 Å². The molecule has 1 aliphatic heterocycles. The van der Waals surface area contributed by atoms with E-state index in [4.69, 9.17) is 16.3 Å². The summed E-state index contributed by atoms with van der Waals surface area (Å²) in [5.74, 6) is 1.17. The Labute approximate surface area is 245 Å². The molecular formula is C27H25BrClN7O3S. The summed E-state index contributed by atoms with van der Waals surface area (Å²) in [6.07, 6.45) is 6.04. The average molecular weight is 643 g/mol. The van der Waals surface area contributed by atoms with Crippen LogP contribution in [0.1, 0.15) is 5.56 Å². The fourth-order valence-corrected chi connectivity index (χ4v) is 5.01. The number of rotatable bonds is 10. The first-order valence-electron chi connectivity index (χ1n) is 12.1. The van der Waals surface area contributed by atoms with E-state index in [1.165, 1.54) is 12.6 Å². The highest BCUT2D eigenvalue weighted by Crippen LogP contribution is 2.32. The van der Waals surface area contributed by atoms with Gasteiger partial charge in [0.25, 0.3) is 0 Å². The van der Waals surface area contributed by atoms with Crippen LogP contribution in [-0.2, 0) is 16.4 Å². The second kappa shape index (κ2) is 12.2. The van der Waals surface area contributed by atoms with Gasteiger partial charge >= 0.3 is 0 Å². The Hall–Kier alpha value is -3.71. The first-order valence-corrected chi connectivity index (χ1v) is 15.4. The van der Waals surface area contributed by atoms with Gasteiger partial charge in [-0.2, -0.15) is 0 Å². The lowest BCUT2D eigenvalue weighted by Gasteiger charge is -2.20. The van der Waals surface area contributed by atoms with Crippen molar-refractivity contribution in [2.24, 2.45) is 4.99 Å². The Morgan fingerprint density at radius 1 is 1.15 bits per heavy atom. The smallest absolute Gasteiger partial charge is 0.149 e. The molecule has 0 bridgehead atoms. The number of allylic oxidation sites excluding steroid dienone is 1. The molecule has 0 saturated heterocycles. The Bertz CT molecular complexity index is 1720. The molecule has 0 amide bonds. The Morgan fingerprint density at radius 3 is 2.83 bits per heavy atom. The maximum atomic E-state index is 11.4. The van der Waals surface area contributed by atoms with Crippen molar-refractivity contribution in [1.29, 1.82) is 0 Å². The molecule has 13 heteroatoms. The van der Waals surface area contributed by atoms with Gasteiger partial charge in [-0.25, -0.2) is 18.4 Å². The number of sulfone groups is 1. The molecule has 0 saturated carbocycles. The van der Waals surface area contributed by atoms with Crippen LogP contribution in [0.15, 0.2) is 88.4 Å². The molecule has 0 radical (unpaired) electrons. The largest absolute Gasteiger partial charge is 0.487 e. The van der Waals surface area contributed by atoms with Crippen molar-refractivity contribution in [2.45, 2.75) is 6.61 Å². The number of halogens is 2. The van der Waals surface area contributed by atoms with Crippen molar-refractivity contribution < 1.29 is 13.2 Å². The monoisotopic (exact) mass is 641 g/mol. The van der Waals surface area contributed by atoms with Crippen molar-refractivity contribution in [3.63, 3.8) is 0 Å². The number of aromatic nitrogens is 2. The number of hydrogen-bond donors (Lipinski definition) is 3. The summed E-state index contributed by atoms with van der Waals surface area (Å²) in [6, 6.07) is 19.1. The van der Waals surface area contributed by atoms with Gasteiger partial charge in [-0.1, -0.05) is 39.7 Å². The van der Waals surface area contributed by atoms with Crippen LogP contribution in [0.4, 0.5) is 17.2 Å². The molecular weight excluding hydrogens is 618 g/mol. The molecule has 10 nitrogen and oxygen atoms in total. The number of nitrogens with zero attached hydrogens (tertiary/aromatic N) is 4. The van der Waals surface area contributed by atoms with Crippen LogP contribution in [0.3, 0.4) is 0 Å². The minimum absolute atomic E-state index is 0.0118. The van der Waals surface area contributed by atoms with Crippen molar-refractivity contribution in [2.75, 3.05) is 28.9 Å². The van der Waals surface area contributed by atoms with Crippen LogP contribution in [-0.4, -0.2) is 43.2 Å². The lowest BCUT2D eigenvalue weighted by molar-refractivity contribution is 0.306. The first-order chi connectivity index (χ1) is 19.2. The van der Waals surface area contributed by atoms with E-state index in [1.807, 2.05) is 54.6 Å². The van der Waals surface area contributed by atoms with E-state index in [-0.39, 0.29) is 12.3 Å². The summed E-state index contributed by atoms with van der Waals surface area (Å²) < 4.78 is 29.6. The van der Waals surface area contributed by atoms with Gasteiger partial charge in [-0.05, 0) is 54.1 Å². The summed E-state index contributed by atoms with van der Waals surface area (Å²) in [4.78, 5) is 13.1. The van der Waals surface area contributed by atoms with Crippen molar-refractivity contribution in [3.8, 4) is 5.75 Å². The highest BCUT2D eigenvalue weighted by atomic mass is 79.9. The van der Waals surface area contributed by atoms with E-state index in [0.717, 1.165) is 32.3 Å². The summed E-state index contributed by atoms with van der Waals surface area (Å²) >= 11 is 10.0. The molecule has 3 aromatic carbocycles. The third-order valence-corrected chi connectivity index (χ3v) is 7.54. The topological polar surface area (TPSA) is 121 Å². The van der Waals surface area contributed by atoms with E-state index in [1.54, 1.807) is 23.5 Å². The van der Waals surface area contributed by atoms with Crippen molar-refractivity contribution in [1.82, 2.24) is 20.9 Å². The zero-order valence-corrected chi connectivity index (χ0v) is 24.5. The molecule has 5 rings (SSSR count). The highest BCUT2D eigenvalue weighted by Gasteiger charge is 2.17. The molecule has 4 aromatic rings. The molecule has 40 heavy (non-hydrogen) atoms. The fourth-order valence-electron chi connectivity index (χ4n) is 3.89. The summed E-state index contributed by atoms with van der Waals surface area (Å²) in [5.41, 5.74) is 10.0. The van der Waals surface area contributed by atoms with Crippen LogP contribution >= 0.6 is 27.5 Å². The van der Waals surface area contributed by atoms with E-state index in [0.29, 0.717) is 28.9 Å². The Kier molecular flexibility index (Phi) is 8.50. The summed E-state index contributed by atoms with van der Waals surface area (Å²) in [5, 5.41) is 6.37. The molecule has 0 atom stereocenters. The van der Waals surface area contributed by atoms with Gasteiger partial charge in [-0.15, -0.1) is 5.53 Å². The van der Waals surface area contributed by atoms with Gasteiger partial charge in [0.2, 0.25) is 0 Å². The predicted octanol–water partition coefficient (Wildman–Crippen LogP) is 5.15. The van der Waals surface area contributed by atoms with Crippen LogP contribution < -0.4 is 26.0 Å². The number of hydrazine groups is 2. The minimum atomic E-state index is -3.08. The van der Waals surface area contributed by atoms with Crippen molar-refractivity contribution in [3.05, 3.63) is 93.9 Å². The zero-order valence-electron chi connectivity index (χ0n) is 21.3. The number of ether oxygens (including phenoxy) is 1. The Morgan fingerprint density at radius 2 is 2.02 bits per heavy atom. The van der Waals surface area contributed by atoms with Crippen molar-refractivity contribution >= 4 is 71.7 Å². The SMILES string of the molecule is CS(=O)(=O)CCN=CC1=CNNN1c1ccc2ncnc(Nc3ccc(OCc4cccc(Br)c4)c(Cl)c3)c2c1. The van der Waals surface area contributed by atoms with Gasteiger partial charge in [-0.3, -0.25) is 10.0 Å². The number of nitrogens with one attached hydrogen (secondary N) is 3. The van der Waals surface area contributed by atoms with Gasteiger partial charge in [0.1, 0.15) is 34.3 Å². The molecule has 206 valence electrons. The third-order valence-electron chi connectivity index (χ3n) is 5.82. The minimum Gasteiger partial charge on any atom is -0.487 e. The summed E-state index contributed by atoms with van der Waals surface area (Å²) in [7, 11) is -3.08. The molecule has 1 aromatic heterocycles. The molecule has 0 spiro atoms. The Balaban J connectivity index is 1.32. The van der Waals surface area contributed by atoms with Crippen LogP contribution in [0.5, 0.6) is 5.75 Å². The maximum absolute atomic E-state index is 11.4. The standard InChI is InChI=1S/C27H25BrClN7O3S/c1-40(37,38)10-9-30-14-22-15-33-35-36(22)21-6-7-25-23(13-21)27(32-17-31-25)34-20-5-8-26(24(29)12-20)39-16-18-3-2-4-19(28)11-18/h2-8,11-15,17,33,35H,9-10,16H2,1H3,(H,31,32,34). The van der Waals surface area contributed by atoms with Crippen LogP contribution in [0.2, 0.25) is 5.02 Å². The fraction of sp³-hybridized carbons (Fsp3) is 0.148. The predicted molar refractivity (Wildman–Crippen MR) is 163 cm³/mol. The van der Waals surface area contributed by atoms with Crippen LogP contribution in [0, 0.1) is 0 Å². The molecule has 3 N–H and O–H groups in total. The quantitative estimate of drug-likeness (QED) is 0.202. The van der Waals surface area contributed by atoms with E-state index >= 15 is 0 Å². The summed E-state index contributed by atoms with van der Waals surface area (Å²) in [6.45, 7) is 0.573. The normalized spacial score (nSPS) is 13.5. The lowest BCUT2D eigenvalue weighted by atomic mass is 10.2. The van der Waals surface area contributed by atoms with E-state index in [9.17, 15) is 8.42 Å². The zero-order chi connectivity index (χ0) is 28.1. The molecule has 1 aliphatic rings.